The molecule has 3 rings (SSSR count). The number of aromatic nitrogens is 2. The maximum Gasteiger partial charge on any atom is 0.251 e. The topological polar surface area (TPSA) is 46.9 Å². The van der Waals surface area contributed by atoms with Crippen molar-refractivity contribution < 1.29 is 4.79 Å². The van der Waals surface area contributed by atoms with Crippen LogP contribution in [0.25, 0.3) is 0 Å². The highest BCUT2D eigenvalue weighted by Gasteiger charge is 2.29. The van der Waals surface area contributed by atoms with Crippen LogP contribution in [-0.4, -0.2) is 21.5 Å². The number of rotatable bonds is 3. The van der Waals surface area contributed by atoms with Crippen LogP contribution in [0.15, 0.2) is 47.5 Å². The van der Waals surface area contributed by atoms with E-state index in [1.807, 2.05) is 36.8 Å². The number of halogens is 1. The SMILES string of the molecule is O=C(N[C@@H]1CCC[C@@H]1n1ccnc1)c1ccc(Br)cc1. The van der Waals surface area contributed by atoms with E-state index in [0.717, 1.165) is 23.7 Å². The van der Waals surface area contributed by atoms with Crippen molar-refractivity contribution in [1.82, 2.24) is 14.9 Å². The molecule has 0 radical (unpaired) electrons. The van der Waals surface area contributed by atoms with Crippen molar-refractivity contribution in [3.63, 3.8) is 0 Å². The number of hydrogen-bond acceptors (Lipinski definition) is 2. The number of carbonyl (C=O) groups is 1. The molecule has 1 aliphatic carbocycles. The zero-order valence-corrected chi connectivity index (χ0v) is 12.6. The smallest absolute Gasteiger partial charge is 0.251 e. The first-order valence-electron chi connectivity index (χ1n) is 6.78. The molecule has 1 saturated carbocycles. The molecule has 0 saturated heterocycles. The molecule has 1 aromatic carbocycles. The van der Waals surface area contributed by atoms with Crippen LogP contribution in [0.3, 0.4) is 0 Å². The van der Waals surface area contributed by atoms with Crippen LogP contribution < -0.4 is 5.32 Å². The van der Waals surface area contributed by atoms with Gasteiger partial charge in [-0.3, -0.25) is 4.79 Å². The monoisotopic (exact) mass is 333 g/mol. The molecule has 104 valence electrons. The average Bonchev–Trinajstić information content (AvgIpc) is 3.09. The van der Waals surface area contributed by atoms with E-state index in [1.165, 1.54) is 0 Å². The summed E-state index contributed by atoms with van der Waals surface area (Å²) < 4.78 is 3.07. The van der Waals surface area contributed by atoms with E-state index in [1.54, 1.807) is 6.20 Å². The van der Waals surface area contributed by atoms with Crippen LogP contribution in [0.2, 0.25) is 0 Å². The van der Waals surface area contributed by atoms with Gasteiger partial charge in [0.15, 0.2) is 0 Å². The molecule has 1 N–H and O–H groups in total. The van der Waals surface area contributed by atoms with Gasteiger partial charge in [0.25, 0.3) is 5.91 Å². The van der Waals surface area contributed by atoms with E-state index in [2.05, 4.69) is 30.8 Å². The van der Waals surface area contributed by atoms with E-state index >= 15 is 0 Å². The molecular weight excluding hydrogens is 318 g/mol. The molecule has 2 aromatic rings. The van der Waals surface area contributed by atoms with Gasteiger partial charge in [-0.05, 0) is 43.5 Å². The molecule has 1 aliphatic rings. The summed E-state index contributed by atoms with van der Waals surface area (Å²) in [6.07, 6.45) is 8.82. The van der Waals surface area contributed by atoms with Gasteiger partial charge in [-0.15, -0.1) is 0 Å². The van der Waals surface area contributed by atoms with Gasteiger partial charge in [0.2, 0.25) is 0 Å². The third-order valence-electron chi connectivity index (χ3n) is 3.81. The Morgan fingerprint density at radius 2 is 2.10 bits per heavy atom. The van der Waals surface area contributed by atoms with Gasteiger partial charge >= 0.3 is 0 Å². The summed E-state index contributed by atoms with van der Waals surface area (Å²) in [6, 6.07) is 7.94. The van der Waals surface area contributed by atoms with Gasteiger partial charge < -0.3 is 9.88 Å². The summed E-state index contributed by atoms with van der Waals surface area (Å²) in [4.78, 5) is 16.4. The third kappa shape index (κ3) is 2.77. The molecule has 1 amide bonds. The summed E-state index contributed by atoms with van der Waals surface area (Å²) in [6.45, 7) is 0. The summed E-state index contributed by atoms with van der Waals surface area (Å²) in [5.74, 6) is -0.00508. The van der Waals surface area contributed by atoms with Gasteiger partial charge in [0.1, 0.15) is 0 Å². The van der Waals surface area contributed by atoms with Crippen LogP contribution in [0.1, 0.15) is 35.7 Å². The minimum atomic E-state index is -0.00508. The van der Waals surface area contributed by atoms with E-state index < -0.39 is 0 Å². The predicted octanol–water partition coefficient (Wildman–Crippen LogP) is 3.17. The van der Waals surface area contributed by atoms with Gasteiger partial charge in [-0.1, -0.05) is 15.9 Å². The first-order chi connectivity index (χ1) is 9.74. The first kappa shape index (κ1) is 13.4. The zero-order chi connectivity index (χ0) is 13.9. The Bertz CT molecular complexity index is 580. The quantitative estimate of drug-likeness (QED) is 0.937. The lowest BCUT2D eigenvalue weighted by molar-refractivity contribution is 0.0929. The standard InChI is InChI=1S/C15H16BrN3O/c16-12-6-4-11(5-7-12)15(20)18-13-2-1-3-14(13)19-9-8-17-10-19/h4-10,13-14H,1-3H2,(H,18,20)/t13-,14+/m1/s1. The Morgan fingerprint density at radius 3 is 2.80 bits per heavy atom. The highest BCUT2D eigenvalue weighted by Crippen LogP contribution is 2.30. The lowest BCUT2D eigenvalue weighted by Gasteiger charge is -2.22. The maximum absolute atomic E-state index is 12.3. The van der Waals surface area contributed by atoms with E-state index in [-0.39, 0.29) is 11.9 Å². The van der Waals surface area contributed by atoms with Crippen molar-refractivity contribution in [3.05, 3.63) is 53.0 Å². The summed E-state index contributed by atoms with van der Waals surface area (Å²) in [5, 5.41) is 3.15. The molecule has 1 heterocycles. The van der Waals surface area contributed by atoms with Crippen LogP contribution >= 0.6 is 15.9 Å². The number of imidazole rings is 1. The van der Waals surface area contributed by atoms with Gasteiger partial charge in [0, 0.05) is 28.5 Å². The number of carbonyl (C=O) groups excluding carboxylic acids is 1. The fourth-order valence-electron chi connectivity index (χ4n) is 2.78. The number of nitrogens with zero attached hydrogens (tertiary/aromatic N) is 2. The predicted molar refractivity (Wildman–Crippen MR) is 80.5 cm³/mol. The minimum absolute atomic E-state index is 0.00508. The van der Waals surface area contributed by atoms with Crippen molar-refractivity contribution >= 4 is 21.8 Å². The lowest BCUT2D eigenvalue weighted by Crippen LogP contribution is -2.38. The van der Waals surface area contributed by atoms with Crippen molar-refractivity contribution in [3.8, 4) is 0 Å². The van der Waals surface area contributed by atoms with Gasteiger partial charge in [-0.25, -0.2) is 4.98 Å². The molecule has 0 aliphatic heterocycles. The molecule has 1 fully saturated rings. The van der Waals surface area contributed by atoms with Gasteiger partial charge in [0.05, 0.1) is 12.4 Å². The van der Waals surface area contributed by atoms with Gasteiger partial charge in [-0.2, -0.15) is 0 Å². The maximum atomic E-state index is 12.3. The highest BCUT2D eigenvalue weighted by atomic mass is 79.9. The Hall–Kier alpha value is -1.62. The van der Waals surface area contributed by atoms with E-state index in [0.29, 0.717) is 11.6 Å². The fourth-order valence-corrected chi connectivity index (χ4v) is 3.05. The molecule has 0 unspecified atom stereocenters. The number of amides is 1. The minimum Gasteiger partial charge on any atom is -0.347 e. The second-order valence-corrected chi connectivity index (χ2v) is 6.01. The molecule has 2 atom stereocenters. The van der Waals surface area contributed by atoms with Crippen molar-refractivity contribution in [2.75, 3.05) is 0 Å². The molecular formula is C15H16BrN3O. The van der Waals surface area contributed by atoms with Crippen LogP contribution in [0.5, 0.6) is 0 Å². The lowest BCUT2D eigenvalue weighted by atomic mass is 10.1. The number of nitrogens with one attached hydrogen (secondary N) is 1. The van der Waals surface area contributed by atoms with E-state index in [9.17, 15) is 4.79 Å². The second kappa shape index (κ2) is 5.79. The molecule has 1 aromatic heterocycles. The van der Waals surface area contributed by atoms with Crippen LogP contribution in [-0.2, 0) is 0 Å². The zero-order valence-electron chi connectivity index (χ0n) is 11.0. The number of benzene rings is 1. The van der Waals surface area contributed by atoms with Crippen molar-refractivity contribution in [2.45, 2.75) is 31.3 Å². The van der Waals surface area contributed by atoms with Crippen molar-refractivity contribution in [1.29, 1.82) is 0 Å². The third-order valence-corrected chi connectivity index (χ3v) is 4.34. The summed E-state index contributed by atoms with van der Waals surface area (Å²) in [7, 11) is 0. The number of hydrogen-bond donors (Lipinski definition) is 1. The molecule has 4 nitrogen and oxygen atoms in total. The Labute approximate surface area is 126 Å². The van der Waals surface area contributed by atoms with Crippen LogP contribution in [0.4, 0.5) is 0 Å². The van der Waals surface area contributed by atoms with Crippen molar-refractivity contribution in [2.24, 2.45) is 0 Å². The Balaban J connectivity index is 1.70. The molecule has 20 heavy (non-hydrogen) atoms. The largest absolute Gasteiger partial charge is 0.347 e. The molecule has 0 bridgehead atoms. The molecule has 0 spiro atoms. The fraction of sp³-hybridized carbons (Fsp3) is 0.333. The van der Waals surface area contributed by atoms with Crippen LogP contribution in [0, 0.1) is 0 Å². The highest BCUT2D eigenvalue weighted by molar-refractivity contribution is 9.10. The normalized spacial score (nSPS) is 21.9. The molecule has 5 heteroatoms. The Morgan fingerprint density at radius 1 is 1.30 bits per heavy atom. The average molecular weight is 334 g/mol. The van der Waals surface area contributed by atoms with E-state index in [4.69, 9.17) is 0 Å². The Kier molecular flexibility index (Phi) is 3.87. The first-order valence-corrected chi connectivity index (χ1v) is 7.57. The summed E-state index contributed by atoms with van der Waals surface area (Å²) >= 11 is 3.38. The second-order valence-electron chi connectivity index (χ2n) is 5.09. The summed E-state index contributed by atoms with van der Waals surface area (Å²) in [5.41, 5.74) is 0.699.